The van der Waals surface area contributed by atoms with Crippen LogP contribution >= 0.6 is 31.9 Å². The third-order valence-corrected chi connectivity index (χ3v) is 7.60. The summed E-state index contributed by atoms with van der Waals surface area (Å²) in [4.78, 5) is 0. The Morgan fingerprint density at radius 3 is 1.94 bits per heavy atom. The molecule has 34 heavy (non-hydrogen) atoms. The van der Waals surface area contributed by atoms with Crippen molar-refractivity contribution in [1.82, 2.24) is 0 Å². The fourth-order valence-electron chi connectivity index (χ4n) is 4.95. The molecular formula is C32H28Br2. The van der Waals surface area contributed by atoms with E-state index in [2.05, 4.69) is 130 Å². The van der Waals surface area contributed by atoms with Crippen molar-refractivity contribution >= 4 is 37.9 Å². The topological polar surface area (TPSA) is 0 Å². The van der Waals surface area contributed by atoms with Gasteiger partial charge >= 0.3 is 0 Å². The highest BCUT2D eigenvalue weighted by Gasteiger charge is 2.43. The smallest absolute Gasteiger partial charge is 0.0296 e. The molecule has 0 spiro atoms. The Labute approximate surface area is 220 Å². The van der Waals surface area contributed by atoms with Crippen molar-refractivity contribution in [1.29, 1.82) is 0 Å². The summed E-state index contributed by atoms with van der Waals surface area (Å²) in [5.41, 5.74) is 9.64. The molecule has 170 valence electrons. The minimum absolute atomic E-state index is 0.236. The molecule has 0 fully saturated rings. The summed E-state index contributed by atoms with van der Waals surface area (Å²) in [6.07, 6.45) is 11.7. The monoisotopic (exact) mass is 570 g/mol. The minimum atomic E-state index is -0.236. The summed E-state index contributed by atoms with van der Waals surface area (Å²) >= 11 is 7.48. The lowest BCUT2D eigenvalue weighted by Crippen LogP contribution is -2.29. The average molecular weight is 572 g/mol. The second kappa shape index (κ2) is 10.3. The molecule has 0 bridgehead atoms. The highest BCUT2D eigenvalue weighted by atomic mass is 79.9. The SMILES string of the molecule is C=CC(/C=C\C(=C)CC1(Cc2ccc(C=C)cc2)c2cc(Br)ccc2-c2ccc(Br)cc21)=C/C. The Bertz CT molecular complexity index is 1270. The fraction of sp³-hybridized carbons (Fsp3) is 0.125. The minimum Gasteiger partial charge on any atom is -0.0985 e. The molecule has 4 rings (SSSR count). The maximum Gasteiger partial charge on any atom is 0.0296 e. The Morgan fingerprint density at radius 2 is 1.44 bits per heavy atom. The number of allylic oxidation sites excluding steroid dienone is 6. The number of hydrogen-bond donors (Lipinski definition) is 0. The van der Waals surface area contributed by atoms with Crippen LogP contribution < -0.4 is 0 Å². The molecule has 2 heteroatoms. The Kier molecular flexibility index (Phi) is 7.40. The van der Waals surface area contributed by atoms with E-state index in [-0.39, 0.29) is 5.41 Å². The summed E-state index contributed by atoms with van der Waals surface area (Å²) in [6.45, 7) is 14.3. The number of rotatable bonds is 8. The average Bonchev–Trinajstić information content (AvgIpc) is 3.08. The number of benzene rings is 3. The van der Waals surface area contributed by atoms with Crippen LogP contribution in [0.2, 0.25) is 0 Å². The van der Waals surface area contributed by atoms with E-state index < -0.39 is 0 Å². The fourth-order valence-corrected chi connectivity index (χ4v) is 5.67. The van der Waals surface area contributed by atoms with Gasteiger partial charge < -0.3 is 0 Å². The van der Waals surface area contributed by atoms with Crippen molar-refractivity contribution in [3.05, 3.63) is 147 Å². The Hall–Kier alpha value is -2.68. The van der Waals surface area contributed by atoms with Gasteiger partial charge in [-0.05, 0) is 83.0 Å². The summed E-state index contributed by atoms with van der Waals surface area (Å²) in [5, 5.41) is 0. The molecule has 0 aromatic heterocycles. The van der Waals surface area contributed by atoms with Gasteiger partial charge in [-0.3, -0.25) is 0 Å². The quantitative estimate of drug-likeness (QED) is 0.236. The van der Waals surface area contributed by atoms with Crippen molar-refractivity contribution in [3.63, 3.8) is 0 Å². The van der Waals surface area contributed by atoms with E-state index in [4.69, 9.17) is 0 Å². The van der Waals surface area contributed by atoms with E-state index in [1.165, 1.54) is 27.8 Å². The molecule has 3 aromatic carbocycles. The molecule has 0 aliphatic heterocycles. The predicted octanol–water partition coefficient (Wildman–Crippen LogP) is 10.00. The molecule has 0 atom stereocenters. The van der Waals surface area contributed by atoms with Gasteiger partial charge in [-0.2, -0.15) is 0 Å². The molecule has 0 radical (unpaired) electrons. The zero-order valence-electron chi connectivity index (χ0n) is 19.5. The van der Waals surface area contributed by atoms with Gasteiger partial charge in [0, 0.05) is 14.4 Å². The van der Waals surface area contributed by atoms with Gasteiger partial charge in [-0.25, -0.2) is 0 Å². The van der Waals surface area contributed by atoms with Gasteiger partial charge in [0.2, 0.25) is 0 Å². The van der Waals surface area contributed by atoms with Crippen LogP contribution in [0.4, 0.5) is 0 Å². The Morgan fingerprint density at radius 1 is 0.853 bits per heavy atom. The highest BCUT2D eigenvalue weighted by Crippen LogP contribution is 2.54. The molecule has 0 saturated carbocycles. The van der Waals surface area contributed by atoms with E-state index in [1.807, 2.05) is 19.1 Å². The van der Waals surface area contributed by atoms with E-state index in [0.717, 1.165) is 38.5 Å². The largest absolute Gasteiger partial charge is 0.0985 e. The molecule has 3 aromatic rings. The number of hydrogen-bond acceptors (Lipinski definition) is 0. The van der Waals surface area contributed by atoms with Crippen LogP contribution in [0.5, 0.6) is 0 Å². The molecule has 0 amide bonds. The molecule has 1 aliphatic rings. The van der Waals surface area contributed by atoms with Gasteiger partial charge in [0.05, 0.1) is 0 Å². The zero-order valence-corrected chi connectivity index (χ0v) is 22.6. The molecule has 0 nitrogen and oxygen atoms in total. The normalized spacial score (nSPS) is 14.0. The van der Waals surface area contributed by atoms with Crippen molar-refractivity contribution in [3.8, 4) is 11.1 Å². The van der Waals surface area contributed by atoms with Crippen molar-refractivity contribution < 1.29 is 0 Å². The molecule has 0 unspecified atom stereocenters. The summed E-state index contributed by atoms with van der Waals surface area (Å²) in [5.74, 6) is 0. The first-order valence-electron chi connectivity index (χ1n) is 11.4. The van der Waals surface area contributed by atoms with Gasteiger partial charge in [0.25, 0.3) is 0 Å². The molecule has 0 N–H and O–H groups in total. The summed E-state index contributed by atoms with van der Waals surface area (Å²) in [6, 6.07) is 22.1. The lowest BCUT2D eigenvalue weighted by molar-refractivity contribution is 0.522. The van der Waals surface area contributed by atoms with E-state index in [1.54, 1.807) is 0 Å². The van der Waals surface area contributed by atoms with Crippen LogP contribution in [0.15, 0.2) is 125 Å². The van der Waals surface area contributed by atoms with Crippen LogP contribution in [0, 0.1) is 0 Å². The third-order valence-electron chi connectivity index (χ3n) is 6.62. The third kappa shape index (κ3) is 4.76. The molecular weight excluding hydrogens is 544 g/mol. The summed E-state index contributed by atoms with van der Waals surface area (Å²) in [7, 11) is 0. The van der Waals surface area contributed by atoms with E-state index >= 15 is 0 Å². The number of fused-ring (bicyclic) bond motifs is 3. The van der Waals surface area contributed by atoms with Gasteiger partial charge in [0.15, 0.2) is 0 Å². The number of halogens is 2. The van der Waals surface area contributed by atoms with Crippen LogP contribution in [0.25, 0.3) is 17.2 Å². The molecule has 0 heterocycles. The lowest BCUT2D eigenvalue weighted by Gasteiger charge is -2.33. The van der Waals surface area contributed by atoms with Gasteiger partial charge in [-0.1, -0.05) is 124 Å². The maximum atomic E-state index is 4.48. The first-order valence-corrected chi connectivity index (χ1v) is 12.9. The van der Waals surface area contributed by atoms with E-state index in [9.17, 15) is 0 Å². The van der Waals surface area contributed by atoms with Crippen LogP contribution in [0.1, 0.15) is 35.6 Å². The lowest BCUT2D eigenvalue weighted by atomic mass is 9.69. The van der Waals surface area contributed by atoms with Gasteiger partial charge in [-0.15, -0.1) is 0 Å². The van der Waals surface area contributed by atoms with Crippen molar-refractivity contribution in [2.75, 3.05) is 0 Å². The first-order chi connectivity index (χ1) is 16.4. The van der Waals surface area contributed by atoms with E-state index in [0.29, 0.717) is 0 Å². The molecule has 0 saturated heterocycles. The van der Waals surface area contributed by atoms with Crippen molar-refractivity contribution in [2.45, 2.75) is 25.2 Å². The summed E-state index contributed by atoms with van der Waals surface area (Å²) < 4.78 is 2.18. The van der Waals surface area contributed by atoms with Crippen LogP contribution in [0.3, 0.4) is 0 Å². The Balaban J connectivity index is 1.89. The molecule has 1 aliphatic carbocycles. The predicted molar refractivity (Wildman–Crippen MR) is 155 cm³/mol. The standard InChI is InChI=1S/C32H28Br2/c1-5-23(6-2)9-8-22(4)20-32(21-25-12-10-24(7-3)11-13-25)30-18-26(33)14-16-28(30)29-17-15-27(34)19-31(29)32/h5-19H,1,3-4,20-21H2,2H3/b9-8-,23-6-. The highest BCUT2D eigenvalue weighted by molar-refractivity contribution is 9.10. The van der Waals surface area contributed by atoms with Crippen LogP contribution in [-0.4, -0.2) is 0 Å². The first kappa shape index (κ1) is 24.4. The van der Waals surface area contributed by atoms with Gasteiger partial charge in [0.1, 0.15) is 0 Å². The van der Waals surface area contributed by atoms with Crippen molar-refractivity contribution in [2.24, 2.45) is 0 Å². The van der Waals surface area contributed by atoms with Crippen LogP contribution in [-0.2, 0) is 11.8 Å². The maximum absolute atomic E-state index is 4.48. The second-order valence-electron chi connectivity index (χ2n) is 8.75. The second-order valence-corrected chi connectivity index (χ2v) is 10.6. The zero-order chi connectivity index (χ0) is 24.3.